The van der Waals surface area contributed by atoms with Gasteiger partial charge in [0.1, 0.15) is 13.4 Å². The summed E-state index contributed by atoms with van der Waals surface area (Å²) < 4.78 is 53.2. The predicted molar refractivity (Wildman–Crippen MR) is 108 cm³/mol. The second kappa shape index (κ2) is 8.67. The van der Waals surface area contributed by atoms with Crippen LogP contribution in [-0.2, 0) is 10.7 Å². The Morgan fingerprint density at radius 1 is 1.13 bits per heavy atom. The standard InChI is InChI=1S/C20H17F3N3O3P/c1-2-30(29)16-6-4-3-5-14(16)17-15(20(21,22)23)11-24-19(26-17)25-13-9-7-12(8-10-13)18(27)28/h3-11,30H,2H2,1H3,(H,27,28)(H,24,25,26). The number of carboxylic acid groups (broad SMARTS) is 1. The van der Waals surface area contributed by atoms with Gasteiger partial charge in [-0.2, -0.15) is 13.2 Å². The molecule has 6 nitrogen and oxygen atoms in total. The molecular formula is C20H17F3N3O3P. The molecule has 2 aromatic carbocycles. The lowest BCUT2D eigenvalue weighted by atomic mass is 10.1. The van der Waals surface area contributed by atoms with Crippen LogP contribution in [0.2, 0.25) is 0 Å². The molecule has 0 bridgehead atoms. The Kier molecular flexibility index (Phi) is 6.22. The zero-order chi connectivity index (χ0) is 21.9. The van der Waals surface area contributed by atoms with Crippen molar-refractivity contribution in [2.24, 2.45) is 0 Å². The van der Waals surface area contributed by atoms with Crippen LogP contribution >= 0.6 is 7.80 Å². The van der Waals surface area contributed by atoms with Gasteiger partial charge in [-0.1, -0.05) is 31.2 Å². The second-order valence-corrected chi connectivity index (χ2v) is 8.38. The van der Waals surface area contributed by atoms with Crippen LogP contribution in [0.3, 0.4) is 0 Å². The molecule has 3 aromatic rings. The number of nitrogens with zero attached hydrogens (tertiary/aromatic N) is 2. The summed E-state index contributed by atoms with van der Waals surface area (Å²) in [6, 6.07) is 11.8. The lowest BCUT2D eigenvalue weighted by Crippen LogP contribution is -2.14. The Hall–Kier alpha value is -3.19. The number of benzene rings is 2. The van der Waals surface area contributed by atoms with Crippen LogP contribution in [-0.4, -0.2) is 27.2 Å². The smallest absolute Gasteiger partial charge is 0.419 e. The summed E-state index contributed by atoms with van der Waals surface area (Å²) in [5.41, 5.74) is -0.797. The fraction of sp³-hybridized carbons (Fsp3) is 0.150. The van der Waals surface area contributed by atoms with Gasteiger partial charge in [-0.3, -0.25) is 0 Å². The minimum atomic E-state index is -4.70. The highest BCUT2D eigenvalue weighted by atomic mass is 31.1. The van der Waals surface area contributed by atoms with Gasteiger partial charge in [0.15, 0.2) is 0 Å². The summed E-state index contributed by atoms with van der Waals surface area (Å²) in [7, 11) is -2.28. The molecule has 1 atom stereocenters. The van der Waals surface area contributed by atoms with Gasteiger partial charge in [0, 0.05) is 22.8 Å². The molecule has 0 saturated heterocycles. The molecule has 1 aromatic heterocycles. The summed E-state index contributed by atoms with van der Waals surface area (Å²) in [5.74, 6) is -1.20. The Morgan fingerprint density at radius 2 is 1.80 bits per heavy atom. The van der Waals surface area contributed by atoms with E-state index >= 15 is 0 Å². The van der Waals surface area contributed by atoms with E-state index in [0.717, 1.165) is 0 Å². The highest BCUT2D eigenvalue weighted by Crippen LogP contribution is 2.37. The molecule has 0 radical (unpaired) electrons. The lowest BCUT2D eigenvalue weighted by Gasteiger charge is -2.16. The number of halogens is 3. The number of rotatable bonds is 6. The normalized spacial score (nSPS) is 12.4. The minimum absolute atomic E-state index is 0.0631. The molecule has 0 aliphatic rings. The number of hydrogen-bond acceptors (Lipinski definition) is 5. The van der Waals surface area contributed by atoms with Crippen LogP contribution in [0.4, 0.5) is 24.8 Å². The molecule has 1 unspecified atom stereocenters. The third-order valence-corrected chi connectivity index (χ3v) is 5.96. The van der Waals surface area contributed by atoms with Crippen molar-refractivity contribution in [1.82, 2.24) is 9.97 Å². The van der Waals surface area contributed by atoms with E-state index in [2.05, 4.69) is 15.3 Å². The van der Waals surface area contributed by atoms with Gasteiger partial charge in [-0.05, 0) is 30.4 Å². The molecule has 3 rings (SSSR count). The zero-order valence-electron chi connectivity index (χ0n) is 15.7. The summed E-state index contributed by atoms with van der Waals surface area (Å²) in [6.07, 6.45) is -3.71. The SMILES string of the molecule is CC[PH](=O)c1ccccc1-c1nc(Nc2ccc(C(=O)O)cc2)ncc1C(F)(F)F. The number of alkyl halides is 3. The molecule has 10 heteroatoms. The second-order valence-electron chi connectivity index (χ2n) is 6.28. The van der Waals surface area contributed by atoms with E-state index in [4.69, 9.17) is 5.11 Å². The van der Waals surface area contributed by atoms with Gasteiger partial charge < -0.3 is 15.0 Å². The third kappa shape index (κ3) is 4.68. The first-order valence-corrected chi connectivity index (χ1v) is 10.5. The van der Waals surface area contributed by atoms with Crippen molar-refractivity contribution in [2.75, 3.05) is 11.5 Å². The van der Waals surface area contributed by atoms with Crippen molar-refractivity contribution in [1.29, 1.82) is 0 Å². The van der Waals surface area contributed by atoms with E-state index in [0.29, 0.717) is 23.4 Å². The Balaban J connectivity index is 2.08. The summed E-state index contributed by atoms with van der Waals surface area (Å²) in [4.78, 5) is 18.7. The van der Waals surface area contributed by atoms with Gasteiger partial charge >= 0.3 is 12.1 Å². The minimum Gasteiger partial charge on any atom is -0.478 e. The average Bonchev–Trinajstić information content (AvgIpc) is 2.72. The van der Waals surface area contributed by atoms with Crippen LogP contribution in [0.25, 0.3) is 11.3 Å². The predicted octanol–water partition coefficient (Wildman–Crippen LogP) is 4.81. The molecule has 0 fully saturated rings. The molecule has 0 amide bonds. The largest absolute Gasteiger partial charge is 0.478 e. The number of hydrogen-bond donors (Lipinski definition) is 2. The first-order valence-electron chi connectivity index (χ1n) is 8.88. The molecular weight excluding hydrogens is 418 g/mol. The van der Waals surface area contributed by atoms with Crippen molar-refractivity contribution in [2.45, 2.75) is 13.1 Å². The van der Waals surface area contributed by atoms with Gasteiger partial charge in [0.05, 0.1) is 11.3 Å². The van der Waals surface area contributed by atoms with Crippen LogP contribution in [0.15, 0.2) is 54.7 Å². The van der Waals surface area contributed by atoms with Gasteiger partial charge in [-0.25, -0.2) is 14.8 Å². The summed E-state index contributed by atoms with van der Waals surface area (Å²) in [6.45, 7) is 1.70. The van der Waals surface area contributed by atoms with E-state index in [-0.39, 0.29) is 22.8 Å². The van der Waals surface area contributed by atoms with Crippen LogP contribution in [0, 0.1) is 0 Å². The maximum atomic E-state index is 13.6. The van der Waals surface area contributed by atoms with Crippen LogP contribution in [0.5, 0.6) is 0 Å². The van der Waals surface area contributed by atoms with Gasteiger partial charge in [0.2, 0.25) is 5.95 Å². The van der Waals surface area contributed by atoms with Crippen LogP contribution in [0.1, 0.15) is 22.8 Å². The topological polar surface area (TPSA) is 92.2 Å². The fourth-order valence-corrected chi connectivity index (χ4v) is 3.97. The quantitative estimate of drug-likeness (QED) is 0.540. The summed E-state index contributed by atoms with van der Waals surface area (Å²) >= 11 is 0. The van der Waals surface area contributed by atoms with E-state index in [1.807, 2.05) is 0 Å². The van der Waals surface area contributed by atoms with E-state index < -0.39 is 25.5 Å². The zero-order valence-corrected chi connectivity index (χ0v) is 16.7. The molecule has 0 spiro atoms. The molecule has 0 aliphatic carbocycles. The number of carbonyl (C=O) groups is 1. The fourth-order valence-electron chi connectivity index (χ4n) is 2.80. The molecule has 30 heavy (non-hydrogen) atoms. The maximum absolute atomic E-state index is 13.6. The number of anilines is 2. The maximum Gasteiger partial charge on any atom is 0.419 e. The molecule has 0 saturated carbocycles. The van der Waals surface area contributed by atoms with Crippen LogP contribution < -0.4 is 10.6 Å². The number of nitrogens with one attached hydrogen (secondary N) is 1. The number of aromatic nitrogens is 2. The third-order valence-electron chi connectivity index (χ3n) is 4.29. The number of aromatic carboxylic acids is 1. The van der Waals surface area contributed by atoms with Crippen molar-refractivity contribution in [3.63, 3.8) is 0 Å². The molecule has 1 heterocycles. The van der Waals surface area contributed by atoms with Gasteiger partial charge in [-0.15, -0.1) is 0 Å². The first-order chi connectivity index (χ1) is 14.2. The monoisotopic (exact) mass is 435 g/mol. The van der Waals surface area contributed by atoms with E-state index in [1.54, 1.807) is 25.1 Å². The highest BCUT2D eigenvalue weighted by Gasteiger charge is 2.36. The van der Waals surface area contributed by atoms with Crippen molar-refractivity contribution < 1.29 is 27.6 Å². The molecule has 2 N–H and O–H groups in total. The first kappa shape index (κ1) is 21.5. The van der Waals surface area contributed by atoms with Crippen molar-refractivity contribution in [3.05, 3.63) is 65.9 Å². The highest BCUT2D eigenvalue weighted by molar-refractivity contribution is 7.53. The van der Waals surface area contributed by atoms with Crippen molar-refractivity contribution >= 4 is 30.7 Å². The van der Waals surface area contributed by atoms with E-state index in [9.17, 15) is 22.5 Å². The number of carboxylic acids is 1. The Bertz CT molecular complexity index is 1100. The molecule has 156 valence electrons. The Labute approximate surface area is 170 Å². The van der Waals surface area contributed by atoms with Gasteiger partial charge in [0.25, 0.3) is 0 Å². The van der Waals surface area contributed by atoms with E-state index in [1.165, 1.54) is 30.3 Å². The summed E-state index contributed by atoms with van der Waals surface area (Å²) in [5, 5.41) is 12.0. The Morgan fingerprint density at radius 3 is 2.40 bits per heavy atom. The molecule has 0 aliphatic heterocycles. The average molecular weight is 435 g/mol. The lowest BCUT2D eigenvalue weighted by molar-refractivity contribution is -0.137. The van der Waals surface area contributed by atoms with Crippen molar-refractivity contribution in [3.8, 4) is 11.3 Å².